The van der Waals surface area contributed by atoms with Gasteiger partial charge in [0.15, 0.2) is 15.0 Å². The third kappa shape index (κ3) is 4.00. The maximum absolute atomic E-state index is 12.1. The first-order chi connectivity index (χ1) is 11.9. The number of sulfone groups is 1. The van der Waals surface area contributed by atoms with Crippen molar-refractivity contribution in [3.05, 3.63) is 24.3 Å². The molecule has 0 aromatic heterocycles. The van der Waals surface area contributed by atoms with Crippen molar-refractivity contribution in [3.63, 3.8) is 0 Å². The first kappa shape index (κ1) is 18.3. The fourth-order valence-electron chi connectivity index (χ4n) is 3.10. The van der Waals surface area contributed by atoms with Crippen LogP contribution >= 0.6 is 11.8 Å². The Hall–Kier alpha value is -1.54. The van der Waals surface area contributed by atoms with Gasteiger partial charge in [-0.3, -0.25) is 4.79 Å². The van der Waals surface area contributed by atoms with E-state index in [1.807, 2.05) is 36.1 Å². The summed E-state index contributed by atoms with van der Waals surface area (Å²) >= 11 is 1.40. The Labute approximate surface area is 152 Å². The van der Waals surface area contributed by atoms with Crippen molar-refractivity contribution < 1.29 is 17.9 Å². The van der Waals surface area contributed by atoms with Crippen LogP contribution in [0, 0.1) is 0 Å². The molecule has 2 aliphatic heterocycles. The van der Waals surface area contributed by atoms with Crippen LogP contribution in [-0.2, 0) is 14.6 Å². The summed E-state index contributed by atoms with van der Waals surface area (Å²) in [6, 6.07) is 7.22. The molecular formula is C17H22N2O4S2. The molecule has 1 aromatic rings. The van der Waals surface area contributed by atoms with Gasteiger partial charge in [-0.1, -0.05) is 25.1 Å². The normalized spacial score (nSPS) is 26.0. The van der Waals surface area contributed by atoms with Crippen LogP contribution in [0.15, 0.2) is 29.3 Å². The number of carbonyl (C=O) groups excluding carboxylic acids is 1. The van der Waals surface area contributed by atoms with Crippen LogP contribution < -0.4 is 9.64 Å². The molecule has 0 radical (unpaired) electrons. The highest BCUT2D eigenvalue weighted by Gasteiger charge is 2.49. The largest absolute Gasteiger partial charge is 0.497 e. The summed E-state index contributed by atoms with van der Waals surface area (Å²) in [6.45, 7) is 2.03. The topological polar surface area (TPSA) is 76.0 Å². The highest BCUT2D eigenvalue weighted by molar-refractivity contribution is 8.16. The lowest BCUT2D eigenvalue weighted by atomic mass is 10.2. The van der Waals surface area contributed by atoms with Crippen molar-refractivity contribution in [1.29, 1.82) is 0 Å². The van der Waals surface area contributed by atoms with Crippen LogP contribution in [0.1, 0.15) is 26.2 Å². The van der Waals surface area contributed by atoms with Gasteiger partial charge in [0.2, 0.25) is 5.91 Å². The number of nitrogens with zero attached hydrogens (tertiary/aromatic N) is 2. The predicted molar refractivity (Wildman–Crippen MR) is 101 cm³/mol. The van der Waals surface area contributed by atoms with Gasteiger partial charge in [-0.25, -0.2) is 8.42 Å². The SMILES string of the molecule is CCCCC(=O)N=C1S[C@@H]2CS(=O)(=O)C[C@H]2N1c1ccc(OC)cc1. The summed E-state index contributed by atoms with van der Waals surface area (Å²) in [5, 5.41) is 0.529. The second kappa shape index (κ2) is 7.37. The van der Waals surface area contributed by atoms with Gasteiger partial charge in [-0.05, 0) is 30.7 Å². The smallest absolute Gasteiger partial charge is 0.248 e. The monoisotopic (exact) mass is 382 g/mol. The molecular weight excluding hydrogens is 360 g/mol. The predicted octanol–water partition coefficient (Wildman–Crippen LogP) is 2.49. The van der Waals surface area contributed by atoms with E-state index in [-0.39, 0.29) is 28.7 Å². The van der Waals surface area contributed by atoms with Crippen LogP contribution in [0.4, 0.5) is 5.69 Å². The summed E-state index contributed by atoms with van der Waals surface area (Å²) < 4.78 is 29.2. The third-order valence-corrected chi connectivity index (χ3v) is 7.59. The molecule has 1 amide bonds. The van der Waals surface area contributed by atoms with E-state index in [1.54, 1.807) is 7.11 Å². The van der Waals surface area contributed by atoms with Crippen LogP contribution in [0.25, 0.3) is 0 Å². The molecule has 0 N–H and O–H groups in total. The molecule has 3 rings (SSSR count). The molecule has 6 nitrogen and oxygen atoms in total. The molecule has 0 bridgehead atoms. The molecule has 2 heterocycles. The van der Waals surface area contributed by atoms with Gasteiger partial charge in [0.1, 0.15) is 5.75 Å². The van der Waals surface area contributed by atoms with Crippen LogP contribution in [-0.4, -0.2) is 49.4 Å². The Morgan fingerprint density at radius 3 is 2.68 bits per heavy atom. The number of fused-ring (bicyclic) bond motifs is 1. The standard InChI is InChI=1S/C17H22N2O4S2/c1-3-4-5-16(20)18-17-19(12-6-8-13(23-2)9-7-12)14-10-25(21,22)11-15(14)24-17/h6-9,14-15H,3-5,10-11H2,1-2H3/t14-,15-/m1/s1. The summed E-state index contributed by atoms with van der Waals surface area (Å²) in [6.07, 6.45) is 2.17. The second-order valence-electron chi connectivity index (χ2n) is 6.26. The van der Waals surface area contributed by atoms with E-state index in [9.17, 15) is 13.2 Å². The van der Waals surface area contributed by atoms with Gasteiger partial charge in [-0.15, -0.1) is 0 Å². The third-order valence-electron chi connectivity index (χ3n) is 4.38. The van der Waals surface area contributed by atoms with Crippen molar-refractivity contribution >= 4 is 38.4 Å². The average Bonchev–Trinajstić information content (AvgIpc) is 3.04. The number of anilines is 1. The molecule has 8 heteroatoms. The van der Waals surface area contributed by atoms with E-state index in [4.69, 9.17) is 4.74 Å². The second-order valence-corrected chi connectivity index (χ2v) is 9.62. The molecule has 2 aliphatic rings. The van der Waals surface area contributed by atoms with E-state index < -0.39 is 9.84 Å². The molecule has 1 aromatic carbocycles. The number of hydrogen-bond acceptors (Lipinski definition) is 5. The quantitative estimate of drug-likeness (QED) is 0.779. The fourth-order valence-corrected chi connectivity index (χ4v) is 7.03. The summed E-state index contributed by atoms with van der Waals surface area (Å²) in [5.41, 5.74) is 0.833. The minimum absolute atomic E-state index is 0.0789. The number of thioether (sulfide) groups is 1. The number of amides is 1. The minimum Gasteiger partial charge on any atom is -0.497 e. The molecule has 25 heavy (non-hydrogen) atoms. The van der Waals surface area contributed by atoms with Crippen LogP contribution in [0.5, 0.6) is 5.75 Å². The fraction of sp³-hybridized carbons (Fsp3) is 0.529. The van der Waals surface area contributed by atoms with E-state index in [2.05, 4.69) is 4.99 Å². The number of carbonyl (C=O) groups is 1. The number of methoxy groups -OCH3 is 1. The van der Waals surface area contributed by atoms with Crippen molar-refractivity contribution in [2.75, 3.05) is 23.5 Å². The lowest BCUT2D eigenvalue weighted by Gasteiger charge is -2.24. The lowest BCUT2D eigenvalue weighted by molar-refractivity contribution is -0.117. The van der Waals surface area contributed by atoms with E-state index in [0.717, 1.165) is 24.3 Å². The lowest BCUT2D eigenvalue weighted by Crippen LogP contribution is -2.37. The zero-order chi connectivity index (χ0) is 18.0. The minimum atomic E-state index is -3.05. The number of aliphatic imine (C=N–C) groups is 1. The Bertz CT molecular complexity index is 774. The van der Waals surface area contributed by atoms with Crippen LogP contribution in [0.3, 0.4) is 0 Å². The van der Waals surface area contributed by atoms with Gasteiger partial charge in [0, 0.05) is 17.4 Å². The molecule has 0 aliphatic carbocycles. The Morgan fingerprint density at radius 1 is 1.32 bits per heavy atom. The number of amidine groups is 1. The van der Waals surface area contributed by atoms with Crippen molar-refractivity contribution in [2.24, 2.45) is 4.99 Å². The molecule has 0 unspecified atom stereocenters. The molecule has 136 valence electrons. The molecule has 0 saturated carbocycles. The number of rotatable bonds is 5. The Kier molecular flexibility index (Phi) is 5.38. The summed E-state index contributed by atoms with van der Waals surface area (Å²) in [5.74, 6) is 0.810. The van der Waals surface area contributed by atoms with Gasteiger partial charge >= 0.3 is 0 Å². The Balaban J connectivity index is 1.91. The number of unbranched alkanes of at least 4 members (excludes halogenated alkanes) is 1. The van der Waals surface area contributed by atoms with E-state index in [1.165, 1.54) is 11.8 Å². The summed E-state index contributed by atoms with van der Waals surface area (Å²) in [4.78, 5) is 18.3. The first-order valence-corrected chi connectivity index (χ1v) is 11.1. The maximum atomic E-state index is 12.1. The van der Waals surface area contributed by atoms with Crippen molar-refractivity contribution in [1.82, 2.24) is 0 Å². The van der Waals surface area contributed by atoms with Gasteiger partial charge in [0.25, 0.3) is 0 Å². The number of ether oxygens (including phenoxy) is 1. The van der Waals surface area contributed by atoms with Crippen LogP contribution in [0.2, 0.25) is 0 Å². The first-order valence-electron chi connectivity index (χ1n) is 8.35. The average molecular weight is 383 g/mol. The zero-order valence-electron chi connectivity index (χ0n) is 14.3. The number of hydrogen-bond donors (Lipinski definition) is 0. The molecule has 2 atom stereocenters. The maximum Gasteiger partial charge on any atom is 0.248 e. The number of benzene rings is 1. The van der Waals surface area contributed by atoms with Crippen molar-refractivity contribution in [3.8, 4) is 5.75 Å². The summed E-state index contributed by atoms with van der Waals surface area (Å²) in [7, 11) is -1.46. The highest BCUT2D eigenvalue weighted by atomic mass is 32.2. The van der Waals surface area contributed by atoms with Gasteiger partial charge in [0.05, 0.1) is 24.7 Å². The Morgan fingerprint density at radius 2 is 2.04 bits per heavy atom. The van der Waals surface area contributed by atoms with E-state index >= 15 is 0 Å². The van der Waals surface area contributed by atoms with Gasteiger partial charge < -0.3 is 9.64 Å². The van der Waals surface area contributed by atoms with Crippen molar-refractivity contribution in [2.45, 2.75) is 37.5 Å². The molecule has 2 saturated heterocycles. The van der Waals surface area contributed by atoms with E-state index in [0.29, 0.717) is 11.6 Å². The molecule has 2 fully saturated rings. The highest BCUT2D eigenvalue weighted by Crippen LogP contribution is 2.41. The zero-order valence-corrected chi connectivity index (χ0v) is 16.0. The molecule has 0 spiro atoms. The van der Waals surface area contributed by atoms with Gasteiger partial charge in [-0.2, -0.15) is 4.99 Å².